The van der Waals surface area contributed by atoms with Crippen LogP contribution >= 0.6 is 19.5 Å². The number of ether oxygens (including phenoxy) is 1. The third-order valence-electron chi connectivity index (χ3n) is 1.84. The lowest BCUT2D eigenvalue weighted by molar-refractivity contribution is -0.274. The maximum absolute atomic E-state index is 12.0. The largest absolute Gasteiger partial charge is 0.573 e. The summed E-state index contributed by atoms with van der Waals surface area (Å²) in [6.45, 7) is 2.91. The molecule has 0 saturated heterocycles. The number of nitrogen functional groups attached to an aromatic ring is 1. The molecule has 0 aliphatic rings. The molecule has 0 amide bonds. The van der Waals surface area contributed by atoms with Crippen molar-refractivity contribution in [1.29, 1.82) is 0 Å². The first-order valence-corrected chi connectivity index (χ1v) is 6.90. The van der Waals surface area contributed by atoms with Crippen molar-refractivity contribution in [1.82, 2.24) is 0 Å². The Morgan fingerprint density at radius 1 is 1.29 bits per heavy atom. The fourth-order valence-electron chi connectivity index (χ4n) is 1.07. The molecule has 0 spiro atoms. The minimum absolute atomic E-state index is 0. The number of alkyl halides is 3. The Hall–Kier alpha value is -0.870. The van der Waals surface area contributed by atoms with Gasteiger partial charge < -0.3 is 15.0 Å². The number of anilines is 1. The average molecular weight is 290 g/mol. The molecule has 0 aromatic heterocycles. The van der Waals surface area contributed by atoms with Crippen LogP contribution < -0.4 is 15.8 Å². The summed E-state index contributed by atoms with van der Waals surface area (Å²) in [5.41, 5.74) is 5.18. The summed E-state index contributed by atoms with van der Waals surface area (Å²) in [5.74, 6) is -0.520. The summed E-state index contributed by atoms with van der Waals surface area (Å²) in [6.07, 6.45) is -4.81. The quantitative estimate of drug-likeness (QED) is 0.673. The van der Waals surface area contributed by atoms with E-state index in [4.69, 9.17) is 5.73 Å². The highest BCUT2D eigenvalue weighted by Gasteiger charge is 2.32. The van der Waals surface area contributed by atoms with E-state index >= 15 is 0 Å². The van der Waals surface area contributed by atoms with E-state index in [0.29, 0.717) is 5.30 Å². The maximum atomic E-state index is 12.0. The summed E-state index contributed by atoms with van der Waals surface area (Å²) in [4.78, 5) is 0. The first kappa shape index (κ1) is 16.1. The van der Waals surface area contributed by atoms with Crippen LogP contribution in [-0.2, 0) is 4.57 Å². The topological polar surface area (TPSA) is 52.3 Å². The summed E-state index contributed by atoms with van der Waals surface area (Å²) in [7, 11) is -2.63. The Labute approximate surface area is 103 Å². The van der Waals surface area contributed by atoms with E-state index in [9.17, 15) is 17.7 Å². The molecule has 0 bridgehead atoms. The SMILES string of the molecule is CP(C)(=O)c1ccc(N)c(OC(F)(F)F)c1.Cl. The summed E-state index contributed by atoms with van der Waals surface area (Å²) in [5, 5.41) is 0.293. The van der Waals surface area contributed by atoms with Crippen molar-refractivity contribution >= 4 is 30.5 Å². The molecule has 0 radical (unpaired) electrons. The van der Waals surface area contributed by atoms with Crippen LogP contribution in [0.4, 0.5) is 18.9 Å². The van der Waals surface area contributed by atoms with Crippen LogP contribution in [0.1, 0.15) is 0 Å². The van der Waals surface area contributed by atoms with Crippen LogP contribution in [0.2, 0.25) is 0 Å². The minimum atomic E-state index is -4.81. The van der Waals surface area contributed by atoms with Gasteiger partial charge in [0.1, 0.15) is 7.14 Å². The van der Waals surface area contributed by atoms with Crippen molar-refractivity contribution in [2.45, 2.75) is 6.36 Å². The van der Waals surface area contributed by atoms with Crippen molar-refractivity contribution in [3.8, 4) is 5.75 Å². The number of hydrogen-bond donors (Lipinski definition) is 1. The van der Waals surface area contributed by atoms with Crippen LogP contribution in [0.5, 0.6) is 5.75 Å². The molecule has 2 N–H and O–H groups in total. The fraction of sp³-hybridized carbons (Fsp3) is 0.333. The van der Waals surface area contributed by atoms with Gasteiger partial charge in [0.15, 0.2) is 5.75 Å². The molecule has 98 valence electrons. The van der Waals surface area contributed by atoms with Gasteiger partial charge in [-0.1, -0.05) is 0 Å². The first-order valence-electron chi connectivity index (χ1n) is 4.30. The van der Waals surface area contributed by atoms with E-state index < -0.39 is 19.3 Å². The molecule has 8 heteroatoms. The molecule has 1 rings (SSSR count). The molecular weight excluding hydrogens is 278 g/mol. The van der Waals surface area contributed by atoms with E-state index in [1.807, 2.05) is 0 Å². The second kappa shape index (κ2) is 5.19. The maximum Gasteiger partial charge on any atom is 0.573 e. The highest BCUT2D eigenvalue weighted by molar-refractivity contribution is 7.70. The van der Waals surface area contributed by atoms with Crippen LogP contribution in [0.3, 0.4) is 0 Å². The molecule has 0 fully saturated rings. The van der Waals surface area contributed by atoms with E-state index in [1.54, 1.807) is 0 Å². The van der Waals surface area contributed by atoms with Crippen LogP contribution in [0, 0.1) is 0 Å². The van der Waals surface area contributed by atoms with Gasteiger partial charge in [-0.15, -0.1) is 25.6 Å². The van der Waals surface area contributed by atoms with E-state index in [-0.39, 0.29) is 18.1 Å². The van der Waals surface area contributed by atoms with Gasteiger partial charge in [0.25, 0.3) is 0 Å². The predicted octanol–water partition coefficient (Wildman–Crippen LogP) is 2.84. The van der Waals surface area contributed by atoms with Crippen molar-refractivity contribution in [3.63, 3.8) is 0 Å². The standard InChI is InChI=1S/C9H11F3NO2P.ClH/c1-16(2,14)6-3-4-7(13)8(5-6)15-9(10,11)12;/h3-5H,13H2,1-2H3;1H. The fourth-order valence-corrected chi connectivity index (χ4v) is 1.93. The lowest BCUT2D eigenvalue weighted by atomic mass is 10.3. The molecule has 0 atom stereocenters. The number of hydrogen-bond acceptors (Lipinski definition) is 3. The number of nitrogens with two attached hydrogens (primary N) is 1. The van der Waals surface area contributed by atoms with Crippen LogP contribution in [0.15, 0.2) is 18.2 Å². The van der Waals surface area contributed by atoms with Crippen LogP contribution in [-0.4, -0.2) is 19.7 Å². The van der Waals surface area contributed by atoms with E-state index in [0.717, 1.165) is 6.07 Å². The zero-order valence-electron chi connectivity index (χ0n) is 9.12. The Bertz CT molecular complexity index is 444. The zero-order chi connectivity index (χ0) is 12.6. The number of halogens is 4. The van der Waals surface area contributed by atoms with Gasteiger partial charge in [-0.3, -0.25) is 0 Å². The van der Waals surface area contributed by atoms with E-state index in [1.165, 1.54) is 25.5 Å². The van der Waals surface area contributed by atoms with Crippen LogP contribution in [0.25, 0.3) is 0 Å². The van der Waals surface area contributed by atoms with Gasteiger partial charge in [0.05, 0.1) is 5.69 Å². The zero-order valence-corrected chi connectivity index (χ0v) is 10.8. The number of benzene rings is 1. The van der Waals surface area contributed by atoms with Crippen molar-refractivity contribution in [3.05, 3.63) is 18.2 Å². The summed E-state index contributed by atoms with van der Waals surface area (Å²) < 4.78 is 51.4. The third-order valence-corrected chi connectivity index (χ3v) is 3.37. The highest BCUT2D eigenvalue weighted by Crippen LogP contribution is 2.37. The molecule has 1 aromatic rings. The molecule has 0 heterocycles. The summed E-state index contributed by atoms with van der Waals surface area (Å²) in [6, 6.07) is 3.74. The molecule has 3 nitrogen and oxygen atoms in total. The molecule has 0 aliphatic carbocycles. The van der Waals surface area contributed by atoms with E-state index in [2.05, 4.69) is 4.74 Å². The van der Waals surface area contributed by atoms with Gasteiger partial charge in [-0.25, -0.2) is 0 Å². The number of rotatable bonds is 2. The lowest BCUT2D eigenvalue weighted by Crippen LogP contribution is -2.19. The van der Waals surface area contributed by atoms with Crippen molar-refractivity contribution < 1.29 is 22.5 Å². The summed E-state index contributed by atoms with van der Waals surface area (Å²) >= 11 is 0. The molecule has 0 saturated carbocycles. The van der Waals surface area contributed by atoms with Gasteiger partial charge >= 0.3 is 6.36 Å². The Balaban J connectivity index is 0.00000256. The van der Waals surface area contributed by atoms with Gasteiger partial charge in [-0.05, 0) is 31.5 Å². The molecule has 1 aromatic carbocycles. The monoisotopic (exact) mass is 289 g/mol. The molecule has 17 heavy (non-hydrogen) atoms. The second-order valence-electron chi connectivity index (χ2n) is 3.62. The first-order chi connectivity index (χ1) is 7.09. The third kappa shape index (κ3) is 4.88. The minimum Gasteiger partial charge on any atom is -0.404 e. The van der Waals surface area contributed by atoms with Crippen molar-refractivity contribution in [2.75, 3.05) is 19.1 Å². The Morgan fingerprint density at radius 2 is 1.82 bits per heavy atom. The Kier molecular flexibility index (Phi) is 4.92. The lowest BCUT2D eigenvalue weighted by Gasteiger charge is -2.14. The van der Waals surface area contributed by atoms with Crippen molar-refractivity contribution in [2.24, 2.45) is 0 Å². The van der Waals surface area contributed by atoms with Gasteiger partial charge in [0, 0.05) is 5.30 Å². The normalized spacial score (nSPS) is 11.8. The second-order valence-corrected chi connectivity index (χ2v) is 6.84. The molecular formula is C9H12ClF3NO2P. The highest BCUT2D eigenvalue weighted by atomic mass is 35.5. The smallest absolute Gasteiger partial charge is 0.404 e. The molecule has 0 unspecified atom stereocenters. The Morgan fingerprint density at radius 3 is 2.24 bits per heavy atom. The average Bonchev–Trinajstić information content (AvgIpc) is 2.04. The van der Waals surface area contributed by atoms with Gasteiger partial charge in [-0.2, -0.15) is 0 Å². The van der Waals surface area contributed by atoms with Gasteiger partial charge in [0.2, 0.25) is 0 Å². The molecule has 0 aliphatic heterocycles. The predicted molar refractivity (Wildman–Crippen MR) is 63.9 cm³/mol.